The van der Waals surface area contributed by atoms with Crippen LogP contribution in [0, 0.1) is 0 Å². The first kappa shape index (κ1) is 19.5. The second kappa shape index (κ2) is 9.58. The predicted octanol–water partition coefficient (Wildman–Crippen LogP) is 4.44. The van der Waals surface area contributed by atoms with Crippen molar-refractivity contribution in [3.05, 3.63) is 18.5 Å². The van der Waals surface area contributed by atoms with Gasteiger partial charge < -0.3 is 9.88 Å². The number of thioether (sulfide) groups is 1. The molecule has 1 N–H and O–H groups in total. The van der Waals surface area contributed by atoms with Crippen molar-refractivity contribution in [3.8, 4) is 0 Å². The lowest BCUT2D eigenvalue weighted by Crippen LogP contribution is -2.40. The van der Waals surface area contributed by atoms with Crippen LogP contribution < -0.4 is 5.32 Å². The molecular formula is C20H32N4OS. The van der Waals surface area contributed by atoms with Crippen molar-refractivity contribution in [3.63, 3.8) is 0 Å². The SMILES string of the molecule is C=CCn1c(S[C@H](C)C(=O)NC2CCCCC2)nnc1C1CCCCC1. The third-order valence-corrected chi connectivity index (χ3v) is 6.71. The molecule has 144 valence electrons. The number of amides is 1. The summed E-state index contributed by atoms with van der Waals surface area (Å²) in [4.78, 5) is 12.6. The molecule has 2 fully saturated rings. The topological polar surface area (TPSA) is 59.8 Å². The van der Waals surface area contributed by atoms with Crippen LogP contribution in [0.4, 0.5) is 0 Å². The van der Waals surface area contributed by atoms with Gasteiger partial charge in [-0.2, -0.15) is 0 Å². The summed E-state index contributed by atoms with van der Waals surface area (Å²) in [5.41, 5.74) is 0. The van der Waals surface area contributed by atoms with Crippen molar-refractivity contribution in [2.24, 2.45) is 0 Å². The van der Waals surface area contributed by atoms with Gasteiger partial charge in [0.1, 0.15) is 5.82 Å². The van der Waals surface area contributed by atoms with Gasteiger partial charge in [-0.05, 0) is 32.6 Å². The quantitative estimate of drug-likeness (QED) is 0.564. The lowest BCUT2D eigenvalue weighted by atomic mass is 9.89. The Balaban J connectivity index is 1.64. The number of nitrogens with one attached hydrogen (secondary N) is 1. The van der Waals surface area contributed by atoms with Crippen molar-refractivity contribution < 1.29 is 4.79 Å². The summed E-state index contributed by atoms with van der Waals surface area (Å²) in [5.74, 6) is 1.69. The Bertz CT molecular complexity index is 603. The second-order valence-corrected chi connectivity index (χ2v) is 8.99. The summed E-state index contributed by atoms with van der Waals surface area (Å²) >= 11 is 1.52. The summed E-state index contributed by atoms with van der Waals surface area (Å²) in [6.45, 7) is 6.56. The highest BCUT2D eigenvalue weighted by atomic mass is 32.2. The zero-order valence-electron chi connectivity index (χ0n) is 16.0. The summed E-state index contributed by atoms with van der Waals surface area (Å²) in [5, 5.41) is 12.8. The molecule has 3 rings (SSSR count). The lowest BCUT2D eigenvalue weighted by molar-refractivity contribution is -0.121. The first-order valence-corrected chi connectivity index (χ1v) is 11.1. The average Bonchev–Trinajstić information content (AvgIpc) is 3.06. The van der Waals surface area contributed by atoms with Gasteiger partial charge in [-0.25, -0.2) is 0 Å². The molecule has 2 aliphatic carbocycles. The molecule has 0 spiro atoms. The number of carbonyl (C=O) groups is 1. The standard InChI is InChI=1S/C20H32N4OS/c1-3-14-24-18(16-10-6-4-7-11-16)22-23-20(24)26-15(2)19(25)21-17-12-8-5-9-13-17/h3,15-17H,1,4-14H2,2H3,(H,21,25)/t15-/m1/s1. The monoisotopic (exact) mass is 376 g/mol. The first-order valence-electron chi connectivity index (χ1n) is 10.2. The minimum absolute atomic E-state index is 0.120. The molecule has 2 aliphatic rings. The van der Waals surface area contributed by atoms with E-state index in [1.54, 1.807) is 0 Å². The van der Waals surface area contributed by atoms with Gasteiger partial charge in [-0.15, -0.1) is 16.8 Å². The molecule has 0 aromatic carbocycles. The molecule has 0 radical (unpaired) electrons. The van der Waals surface area contributed by atoms with Crippen molar-refractivity contribution in [2.75, 3.05) is 0 Å². The van der Waals surface area contributed by atoms with E-state index in [0.29, 0.717) is 18.5 Å². The van der Waals surface area contributed by atoms with Gasteiger partial charge in [0.2, 0.25) is 5.91 Å². The van der Waals surface area contributed by atoms with Crippen LogP contribution in [0.3, 0.4) is 0 Å². The van der Waals surface area contributed by atoms with E-state index >= 15 is 0 Å². The fourth-order valence-corrected chi connectivity index (χ4v) is 5.00. The predicted molar refractivity (Wildman–Crippen MR) is 106 cm³/mol. The van der Waals surface area contributed by atoms with Gasteiger partial charge in [0, 0.05) is 18.5 Å². The Morgan fingerprint density at radius 1 is 1.19 bits per heavy atom. The lowest BCUT2D eigenvalue weighted by Gasteiger charge is -2.24. The van der Waals surface area contributed by atoms with E-state index in [9.17, 15) is 4.79 Å². The average molecular weight is 377 g/mol. The fourth-order valence-electron chi connectivity index (χ4n) is 4.13. The Morgan fingerprint density at radius 3 is 2.50 bits per heavy atom. The number of allylic oxidation sites excluding steroid dienone is 1. The molecule has 1 aromatic heterocycles. The van der Waals surface area contributed by atoms with Gasteiger partial charge in [-0.1, -0.05) is 56.4 Å². The normalized spacial score (nSPS) is 20.7. The van der Waals surface area contributed by atoms with Gasteiger partial charge >= 0.3 is 0 Å². The number of rotatable bonds is 7. The molecule has 0 aliphatic heterocycles. The molecule has 0 bridgehead atoms. The maximum absolute atomic E-state index is 12.6. The van der Waals surface area contributed by atoms with Crippen LogP contribution in [-0.2, 0) is 11.3 Å². The van der Waals surface area contributed by atoms with Crippen LogP contribution in [0.1, 0.15) is 82.9 Å². The van der Waals surface area contributed by atoms with Gasteiger partial charge in [0.25, 0.3) is 0 Å². The Labute approximate surface area is 161 Å². The molecule has 2 saturated carbocycles. The van der Waals surface area contributed by atoms with Crippen LogP contribution >= 0.6 is 11.8 Å². The number of hydrogen-bond donors (Lipinski definition) is 1. The first-order chi connectivity index (χ1) is 12.7. The number of hydrogen-bond acceptors (Lipinski definition) is 4. The van der Waals surface area contributed by atoms with Crippen molar-refractivity contribution >= 4 is 17.7 Å². The minimum atomic E-state index is -0.163. The third-order valence-electron chi connectivity index (χ3n) is 5.63. The highest BCUT2D eigenvalue weighted by Gasteiger charge is 2.26. The zero-order valence-corrected chi connectivity index (χ0v) is 16.8. The van der Waals surface area contributed by atoms with E-state index in [0.717, 1.165) is 23.8 Å². The molecule has 5 nitrogen and oxygen atoms in total. The highest BCUT2D eigenvalue weighted by Crippen LogP contribution is 2.34. The van der Waals surface area contributed by atoms with E-state index < -0.39 is 0 Å². The summed E-state index contributed by atoms with van der Waals surface area (Å²) in [7, 11) is 0. The summed E-state index contributed by atoms with van der Waals surface area (Å²) in [6.07, 6.45) is 14.1. The van der Waals surface area contributed by atoms with Crippen LogP contribution in [0.15, 0.2) is 17.8 Å². The summed E-state index contributed by atoms with van der Waals surface area (Å²) < 4.78 is 2.16. The van der Waals surface area contributed by atoms with E-state index in [1.165, 1.54) is 63.1 Å². The van der Waals surface area contributed by atoms with Crippen molar-refractivity contribution in [1.82, 2.24) is 20.1 Å². The maximum atomic E-state index is 12.6. The largest absolute Gasteiger partial charge is 0.352 e. The maximum Gasteiger partial charge on any atom is 0.233 e. The number of aromatic nitrogens is 3. The smallest absolute Gasteiger partial charge is 0.233 e. The van der Waals surface area contributed by atoms with Crippen LogP contribution in [0.5, 0.6) is 0 Å². The van der Waals surface area contributed by atoms with Gasteiger partial charge in [-0.3, -0.25) is 4.79 Å². The number of carbonyl (C=O) groups excluding carboxylic acids is 1. The van der Waals surface area contributed by atoms with Crippen LogP contribution in [-0.4, -0.2) is 32.0 Å². The third kappa shape index (κ3) is 4.90. The molecule has 0 saturated heterocycles. The van der Waals surface area contributed by atoms with Crippen LogP contribution in [0.2, 0.25) is 0 Å². The van der Waals surface area contributed by atoms with E-state index in [-0.39, 0.29) is 11.2 Å². The highest BCUT2D eigenvalue weighted by molar-refractivity contribution is 8.00. The fraction of sp³-hybridized carbons (Fsp3) is 0.750. The van der Waals surface area contributed by atoms with Crippen molar-refractivity contribution in [1.29, 1.82) is 0 Å². The molecule has 1 heterocycles. The molecule has 1 aromatic rings. The molecule has 1 atom stereocenters. The zero-order chi connectivity index (χ0) is 18.4. The molecule has 0 unspecified atom stereocenters. The number of nitrogens with zero attached hydrogens (tertiary/aromatic N) is 3. The molecule has 6 heteroatoms. The van der Waals surface area contributed by atoms with Crippen LogP contribution in [0.25, 0.3) is 0 Å². The Hall–Kier alpha value is -1.30. The Morgan fingerprint density at radius 2 is 1.85 bits per heavy atom. The minimum Gasteiger partial charge on any atom is -0.352 e. The Kier molecular flexibility index (Phi) is 7.17. The van der Waals surface area contributed by atoms with Gasteiger partial charge in [0.05, 0.1) is 5.25 Å². The molecular weight excluding hydrogens is 344 g/mol. The van der Waals surface area contributed by atoms with Crippen molar-refractivity contribution in [2.45, 2.75) is 100 Å². The molecule has 26 heavy (non-hydrogen) atoms. The second-order valence-electron chi connectivity index (χ2n) is 7.68. The van der Waals surface area contributed by atoms with E-state index in [2.05, 4.69) is 26.7 Å². The van der Waals surface area contributed by atoms with Gasteiger partial charge in [0.15, 0.2) is 5.16 Å². The van der Waals surface area contributed by atoms with E-state index in [1.807, 2.05) is 13.0 Å². The molecule has 1 amide bonds. The van der Waals surface area contributed by atoms with E-state index in [4.69, 9.17) is 0 Å². The summed E-state index contributed by atoms with van der Waals surface area (Å²) in [6, 6.07) is 0.350.